The Hall–Kier alpha value is -3.57. The predicted molar refractivity (Wildman–Crippen MR) is 98.1 cm³/mol. The van der Waals surface area contributed by atoms with Crippen LogP contribution in [0.2, 0.25) is 0 Å². The summed E-state index contributed by atoms with van der Waals surface area (Å²) in [6.45, 7) is 2.23. The second kappa shape index (κ2) is 9.57. The van der Waals surface area contributed by atoms with Gasteiger partial charge in [0.25, 0.3) is 17.3 Å². The predicted octanol–water partition coefficient (Wildman–Crippen LogP) is 1.18. The number of nitro benzene ring substituents is 2. The Morgan fingerprint density at radius 2 is 2.00 bits per heavy atom. The van der Waals surface area contributed by atoms with E-state index in [1.807, 2.05) is 6.92 Å². The Kier molecular flexibility index (Phi) is 7.17. The van der Waals surface area contributed by atoms with Crippen LogP contribution in [0.4, 0.5) is 11.4 Å². The molecular formula is C17H20N4O8. The van der Waals surface area contributed by atoms with Crippen LogP contribution in [0.5, 0.6) is 0 Å². The van der Waals surface area contributed by atoms with E-state index in [0.29, 0.717) is 12.5 Å². The van der Waals surface area contributed by atoms with Crippen molar-refractivity contribution >= 4 is 29.2 Å². The smallest absolute Gasteiger partial charge is 0.308 e. The van der Waals surface area contributed by atoms with Crippen LogP contribution in [-0.2, 0) is 14.3 Å². The molecule has 2 amide bonds. The van der Waals surface area contributed by atoms with Crippen LogP contribution >= 0.6 is 0 Å². The summed E-state index contributed by atoms with van der Waals surface area (Å²) in [7, 11) is 0. The molecule has 1 atom stereocenters. The molecule has 1 fully saturated rings. The topological polar surface area (TPSA) is 162 Å². The number of non-ortho nitro benzene ring substituents is 1. The van der Waals surface area contributed by atoms with Crippen molar-refractivity contribution in [3.05, 3.63) is 44.0 Å². The fourth-order valence-electron chi connectivity index (χ4n) is 2.83. The number of nitrogens with zero attached hydrogens (tertiary/aromatic N) is 3. The average Bonchev–Trinajstić information content (AvgIpc) is 2.68. The maximum absolute atomic E-state index is 12.9. The second-order valence-corrected chi connectivity index (χ2v) is 6.30. The monoisotopic (exact) mass is 408 g/mol. The van der Waals surface area contributed by atoms with Crippen LogP contribution in [0.25, 0.3) is 0 Å². The minimum atomic E-state index is -1.19. The third kappa shape index (κ3) is 5.24. The average molecular weight is 408 g/mol. The van der Waals surface area contributed by atoms with Crippen LogP contribution < -0.4 is 5.32 Å². The molecule has 1 aromatic carbocycles. The number of benzene rings is 1. The summed E-state index contributed by atoms with van der Waals surface area (Å²) < 4.78 is 5.03. The molecule has 0 spiro atoms. The van der Waals surface area contributed by atoms with Gasteiger partial charge in [-0.1, -0.05) is 13.3 Å². The molecule has 1 saturated heterocycles. The molecule has 0 saturated carbocycles. The Labute approximate surface area is 165 Å². The minimum Gasteiger partial charge on any atom is -0.466 e. The van der Waals surface area contributed by atoms with Crippen molar-refractivity contribution in [2.75, 3.05) is 19.7 Å². The molecule has 0 bridgehead atoms. The summed E-state index contributed by atoms with van der Waals surface area (Å²) in [6, 6.07) is 1.44. The van der Waals surface area contributed by atoms with Crippen molar-refractivity contribution in [2.24, 2.45) is 0 Å². The largest absolute Gasteiger partial charge is 0.466 e. The number of hydrogen-bond acceptors (Lipinski definition) is 8. The lowest BCUT2D eigenvalue weighted by atomic mass is 10.0. The number of unbranched alkanes of at least 4 members (excludes halogenated alkanes) is 1. The summed E-state index contributed by atoms with van der Waals surface area (Å²) in [5, 5.41) is 24.7. The molecule has 1 unspecified atom stereocenters. The van der Waals surface area contributed by atoms with E-state index in [4.69, 9.17) is 4.74 Å². The SMILES string of the molecule is CCCCOC(=O)CC1C(=O)NCCN1C(=O)c1ccc([N+](=O)[O-])cc1[N+](=O)[O-]. The Bertz CT molecular complexity index is 841. The highest BCUT2D eigenvalue weighted by molar-refractivity contribution is 6.02. The molecule has 12 heteroatoms. The number of hydrogen-bond donors (Lipinski definition) is 1. The normalized spacial score (nSPS) is 16.1. The highest BCUT2D eigenvalue weighted by Gasteiger charge is 2.38. The standard InChI is InChI=1S/C17H20N4O8/c1-2-3-8-29-15(22)10-14-16(23)18-6-7-19(14)17(24)12-5-4-11(20(25)26)9-13(12)21(27)28/h4-5,9,14H,2-3,6-8,10H2,1H3,(H,18,23). The molecular weight excluding hydrogens is 388 g/mol. The number of nitro groups is 2. The first-order valence-corrected chi connectivity index (χ1v) is 8.93. The molecule has 1 N–H and O–H groups in total. The fourth-order valence-corrected chi connectivity index (χ4v) is 2.83. The molecule has 12 nitrogen and oxygen atoms in total. The van der Waals surface area contributed by atoms with Crippen LogP contribution in [0, 0.1) is 20.2 Å². The number of carbonyl (C=O) groups is 3. The lowest BCUT2D eigenvalue weighted by Crippen LogP contribution is -2.57. The fraction of sp³-hybridized carbons (Fsp3) is 0.471. The lowest BCUT2D eigenvalue weighted by Gasteiger charge is -2.34. The van der Waals surface area contributed by atoms with Gasteiger partial charge in [0.2, 0.25) is 5.91 Å². The molecule has 0 aliphatic carbocycles. The van der Waals surface area contributed by atoms with Crippen molar-refractivity contribution in [2.45, 2.75) is 32.2 Å². The van der Waals surface area contributed by atoms with Gasteiger partial charge in [0, 0.05) is 19.2 Å². The molecule has 29 heavy (non-hydrogen) atoms. The van der Waals surface area contributed by atoms with E-state index < -0.39 is 57.0 Å². The first-order chi connectivity index (χ1) is 13.8. The molecule has 1 aliphatic heterocycles. The maximum Gasteiger partial charge on any atom is 0.308 e. The number of carbonyl (C=O) groups excluding carboxylic acids is 3. The van der Waals surface area contributed by atoms with Gasteiger partial charge >= 0.3 is 5.97 Å². The van der Waals surface area contributed by atoms with Crippen LogP contribution in [0.15, 0.2) is 18.2 Å². The number of rotatable bonds is 8. The third-order valence-corrected chi connectivity index (χ3v) is 4.33. The first-order valence-electron chi connectivity index (χ1n) is 8.93. The van der Waals surface area contributed by atoms with Crippen molar-refractivity contribution < 1.29 is 29.0 Å². The summed E-state index contributed by atoms with van der Waals surface area (Å²) in [4.78, 5) is 58.7. The Morgan fingerprint density at radius 1 is 1.28 bits per heavy atom. The summed E-state index contributed by atoms with van der Waals surface area (Å²) in [5.74, 6) is -2.12. The quantitative estimate of drug-likeness (QED) is 0.290. The van der Waals surface area contributed by atoms with Gasteiger partial charge in [-0.3, -0.25) is 34.6 Å². The van der Waals surface area contributed by atoms with Gasteiger partial charge in [0.15, 0.2) is 0 Å². The zero-order valence-electron chi connectivity index (χ0n) is 15.7. The number of nitrogens with one attached hydrogen (secondary N) is 1. The molecule has 0 aromatic heterocycles. The molecule has 1 aliphatic rings. The maximum atomic E-state index is 12.9. The lowest BCUT2D eigenvalue weighted by molar-refractivity contribution is -0.394. The van der Waals surface area contributed by atoms with E-state index in [-0.39, 0.29) is 19.7 Å². The highest BCUT2D eigenvalue weighted by atomic mass is 16.6. The van der Waals surface area contributed by atoms with Gasteiger partial charge in [0.05, 0.1) is 28.9 Å². The molecule has 2 rings (SSSR count). The Balaban J connectivity index is 2.29. The summed E-state index contributed by atoms with van der Waals surface area (Å²) in [5.41, 5.74) is -1.69. The van der Waals surface area contributed by atoms with Crippen molar-refractivity contribution in [1.82, 2.24) is 10.2 Å². The van der Waals surface area contributed by atoms with E-state index in [1.165, 1.54) is 0 Å². The summed E-state index contributed by atoms with van der Waals surface area (Å²) >= 11 is 0. The zero-order valence-corrected chi connectivity index (χ0v) is 15.7. The number of amides is 2. The minimum absolute atomic E-state index is 0.0195. The van der Waals surface area contributed by atoms with Crippen molar-refractivity contribution in [3.63, 3.8) is 0 Å². The molecule has 1 aromatic rings. The van der Waals surface area contributed by atoms with Crippen LogP contribution in [-0.4, -0.2) is 58.3 Å². The third-order valence-electron chi connectivity index (χ3n) is 4.33. The Morgan fingerprint density at radius 3 is 2.62 bits per heavy atom. The molecule has 156 valence electrons. The van der Waals surface area contributed by atoms with Gasteiger partial charge in [-0.2, -0.15) is 0 Å². The number of ether oxygens (including phenoxy) is 1. The van der Waals surface area contributed by atoms with Gasteiger partial charge in [-0.25, -0.2) is 0 Å². The van der Waals surface area contributed by atoms with Gasteiger partial charge in [0.1, 0.15) is 11.6 Å². The van der Waals surface area contributed by atoms with Crippen molar-refractivity contribution in [3.8, 4) is 0 Å². The first kappa shape index (κ1) is 21.7. The van der Waals surface area contributed by atoms with E-state index in [1.54, 1.807) is 0 Å². The molecule has 0 radical (unpaired) electrons. The summed E-state index contributed by atoms with van der Waals surface area (Å²) in [6.07, 6.45) is 1.06. The van der Waals surface area contributed by atoms with E-state index >= 15 is 0 Å². The second-order valence-electron chi connectivity index (χ2n) is 6.30. The van der Waals surface area contributed by atoms with Gasteiger partial charge < -0.3 is 15.0 Å². The van der Waals surface area contributed by atoms with E-state index in [2.05, 4.69) is 5.32 Å². The van der Waals surface area contributed by atoms with E-state index in [0.717, 1.165) is 23.5 Å². The van der Waals surface area contributed by atoms with Crippen LogP contribution in [0.3, 0.4) is 0 Å². The molecule has 1 heterocycles. The zero-order chi connectivity index (χ0) is 21.6. The van der Waals surface area contributed by atoms with Gasteiger partial charge in [-0.05, 0) is 12.5 Å². The van der Waals surface area contributed by atoms with Gasteiger partial charge in [-0.15, -0.1) is 0 Å². The number of esters is 1. The number of piperazine rings is 1. The van der Waals surface area contributed by atoms with E-state index in [9.17, 15) is 34.6 Å². The van der Waals surface area contributed by atoms with Crippen molar-refractivity contribution in [1.29, 1.82) is 0 Å². The van der Waals surface area contributed by atoms with Crippen LogP contribution in [0.1, 0.15) is 36.5 Å². The highest BCUT2D eigenvalue weighted by Crippen LogP contribution is 2.27.